The topological polar surface area (TPSA) is 123 Å². The number of amides is 1. The van der Waals surface area contributed by atoms with Crippen LogP contribution in [0.5, 0.6) is 0 Å². The molecule has 0 spiro atoms. The van der Waals surface area contributed by atoms with Gasteiger partial charge in [-0.3, -0.25) is 19.9 Å². The third-order valence-corrected chi connectivity index (χ3v) is 5.75. The van der Waals surface area contributed by atoms with E-state index >= 15 is 0 Å². The van der Waals surface area contributed by atoms with Crippen molar-refractivity contribution in [1.82, 2.24) is 9.88 Å². The van der Waals surface area contributed by atoms with Crippen molar-refractivity contribution in [2.45, 2.75) is 57.7 Å². The number of nitro benzene ring substituents is 1. The number of aromatic nitrogens is 1. The highest BCUT2D eigenvalue weighted by atomic mass is 35.5. The van der Waals surface area contributed by atoms with Crippen molar-refractivity contribution >= 4 is 40.1 Å². The largest absolute Gasteiger partial charge is 0.444 e. The summed E-state index contributed by atoms with van der Waals surface area (Å²) in [6.45, 7) is 6.03. The van der Waals surface area contributed by atoms with E-state index in [1.807, 2.05) is 0 Å². The van der Waals surface area contributed by atoms with Crippen LogP contribution >= 0.6 is 11.6 Å². The molecule has 9 nitrogen and oxygen atoms in total. The highest BCUT2D eigenvalue weighted by molar-refractivity contribution is 6.35. The summed E-state index contributed by atoms with van der Waals surface area (Å²) in [6, 6.07) is 4.32. The van der Waals surface area contributed by atoms with Gasteiger partial charge in [-0.2, -0.15) is 0 Å². The molecule has 2 heterocycles. The molecule has 0 unspecified atom stereocenters. The molecule has 1 aromatic carbocycles. The average molecular weight is 464 g/mol. The number of ketones is 1. The molecule has 1 saturated heterocycles. The van der Waals surface area contributed by atoms with Gasteiger partial charge in [0.25, 0.3) is 5.69 Å². The van der Waals surface area contributed by atoms with E-state index in [2.05, 4.69) is 4.98 Å². The minimum Gasteiger partial charge on any atom is -0.444 e. The second kappa shape index (κ2) is 8.99. The maximum Gasteiger partial charge on any atom is 0.410 e. The first-order valence-electron chi connectivity index (χ1n) is 10.4. The van der Waals surface area contributed by atoms with Crippen LogP contribution in [-0.4, -0.2) is 56.1 Å². The molecule has 1 N–H and O–H groups in total. The first-order valence-corrected chi connectivity index (χ1v) is 10.7. The van der Waals surface area contributed by atoms with Gasteiger partial charge in [0.15, 0.2) is 5.78 Å². The lowest BCUT2D eigenvalue weighted by molar-refractivity contribution is -0.382. The number of Topliss-reactive ketones (excluding diaryl/α,β-unsaturated/α-hetero) is 1. The highest BCUT2D eigenvalue weighted by Crippen LogP contribution is 2.36. The number of piperidine rings is 1. The smallest absolute Gasteiger partial charge is 0.410 e. The summed E-state index contributed by atoms with van der Waals surface area (Å²) in [4.78, 5) is 41.6. The van der Waals surface area contributed by atoms with Gasteiger partial charge < -0.3 is 14.7 Å². The van der Waals surface area contributed by atoms with Gasteiger partial charge in [-0.15, -0.1) is 0 Å². The van der Waals surface area contributed by atoms with Crippen LogP contribution in [0.15, 0.2) is 24.4 Å². The van der Waals surface area contributed by atoms with Crippen molar-refractivity contribution in [3.8, 4) is 0 Å². The first-order chi connectivity index (χ1) is 14.9. The Labute approximate surface area is 190 Å². The zero-order valence-corrected chi connectivity index (χ0v) is 19.0. The maximum atomic E-state index is 12.9. The van der Waals surface area contributed by atoms with E-state index in [0.29, 0.717) is 25.9 Å². The quantitative estimate of drug-likeness (QED) is 0.392. The van der Waals surface area contributed by atoms with Crippen LogP contribution in [0.4, 0.5) is 10.5 Å². The third kappa shape index (κ3) is 5.34. The predicted molar refractivity (Wildman–Crippen MR) is 119 cm³/mol. The molecular formula is C22H26ClN3O6. The van der Waals surface area contributed by atoms with Crippen molar-refractivity contribution < 1.29 is 24.4 Å². The van der Waals surface area contributed by atoms with Crippen LogP contribution in [0.2, 0.25) is 5.02 Å². The molecule has 1 aromatic heterocycles. The first kappa shape index (κ1) is 23.9. The number of carbonyl (C=O) groups excluding carboxylic acids is 2. The number of fused-ring (bicyclic) bond motifs is 1. The Balaban J connectivity index is 1.69. The summed E-state index contributed by atoms with van der Waals surface area (Å²) in [6.07, 6.45) is 1.88. The zero-order chi connectivity index (χ0) is 23.7. The number of halogens is 1. The molecule has 0 radical (unpaired) electrons. The number of ether oxygens (including phenoxy) is 1. The van der Waals surface area contributed by atoms with E-state index in [1.54, 1.807) is 31.7 Å². The van der Waals surface area contributed by atoms with E-state index in [0.717, 1.165) is 0 Å². The molecule has 1 aliphatic heterocycles. The molecular weight excluding hydrogens is 438 g/mol. The molecule has 0 bridgehead atoms. The lowest BCUT2D eigenvalue weighted by Crippen LogP contribution is -2.48. The molecule has 0 saturated carbocycles. The molecule has 1 fully saturated rings. The number of pyridine rings is 1. The Kier molecular flexibility index (Phi) is 6.71. The van der Waals surface area contributed by atoms with Gasteiger partial charge in [0.2, 0.25) is 0 Å². The summed E-state index contributed by atoms with van der Waals surface area (Å²) in [5, 5.41) is 22.4. The summed E-state index contributed by atoms with van der Waals surface area (Å²) < 4.78 is 5.36. The van der Waals surface area contributed by atoms with Crippen molar-refractivity contribution in [1.29, 1.82) is 0 Å². The fraction of sp³-hybridized carbons (Fsp3) is 0.500. The van der Waals surface area contributed by atoms with Crippen LogP contribution in [-0.2, 0) is 4.74 Å². The fourth-order valence-electron chi connectivity index (χ4n) is 3.76. The molecule has 1 aliphatic rings. The number of nitro groups is 1. The second-order valence-electron chi connectivity index (χ2n) is 9.03. The van der Waals surface area contributed by atoms with Gasteiger partial charge >= 0.3 is 6.09 Å². The molecule has 1 amide bonds. The molecule has 10 heteroatoms. The number of hydrogen-bond acceptors (Lipinski definition) is 7. The van der Waals surface area contributed by atoms with Gasteiger partial charge in [0.05, 0.1) is 21.4 Å². The minimum atomic E-state index is -1.10. The zero-order valence-electron chi connectivity index (χ0n) is 18.3. The number of benzene rings is 1. The Morgan fingerprint density at radius 1 is 1.34 bits per heavy atom. The van der Waals surface area contributed by atoms with Crippen LogP contribution in [0.1, 0.15) is 56.8 Å². The van der Waals surface area contributed by atoms with Gasteiger partial charge in [0.1, 0.15) is 10.6 Å². The van der Waals surface area contributed by atoms with Crippen LogP contribution < -0.4 is 0 Å². The molecule has 172 valence electrons. The SMILES string of the molecule is CC(C)(C)OC(=O)N1CCC(O)(CCC(=O)c2cc(Cl)c([N+](=O)[O-])c3cccnc23)CC1. The summed E-state index contributed by atoms with van der Waals surface area (Å²) >= 11 is 6.09. The standard InChI is InChI=1S/C22H26ClN3O6/c1-21(2,3)32-20(28)25-11-8-22(29,9-12-25)7-6-17(27)15-13-16(23)19(26(30)31)14-5-4-10-24-18(14)15/h4-5,10,13,29H,6-9,11-12H2,1-3H3. The summed E-state index contributed by atoms with van der Waals surface area (Å²) in [7, 11) is 0. The minimum absolute atomic E-state index is 0.0166. The Hall–Kier alpha value is -2.78. The Morgan fingerprint density at radius 2 is 2.00 bits per heavy atom. The highest BCUT2D eigenvalue weighted by Gasteiger charge is 2.36. The summed E-state index contributed by atoms with van der Waals surface area (Å²) in [5.41, 5.74) is -1.59. The number of likely N-dealkylation sites (tertiary alicyclic amines) is 1. The van der Waals surface area contributed by atoms with Crippen molar-refractivity contribution in [3.05, 3.63) is 45.1 Å². The third-order valence-electron chi connectivity index (χ3n) is 5.46. The van der Waals surface area contributed by atoms with E-state index < -0.39 is 22.2 Å². The monoisotopic (exact) mass is 463 g/mol. The molecule has 0 aliphatic carbocycles. The van der Waals surface area contributed by atoms with Gasteiger partial charge in [-0.1, -0.05) is 11.6 Å². The fourth-order valence-corrected chi connectivity index (χ4v) is 4.04. The van der Waals surface area contributed by atoms with Gasteiger partial charge in [0, 0.05) is 31.3 Å². The Morgan fingerprint density at radius 3 is 2.59 bits per heavy atom. The maximum absolute atomic E-state index is 12.9. The van der Waals surface area contributed by atoms with Crippen molar-refractivity contribution in [2.24, 2.45) is 0 Å². The van der Waals surface area contributed by atoms with Crippen molar-refractivity contribution in [3.63, 3.8) is 0 Å². The van der Waals surface area contributed by atoms with Crippen LogP contribution in [0.25, 0.3) is 10.9 Å². The van der Waals surface area contributed by atoms with Crippen LogP contribution in [0.3, 0.4) is 0 Å². The second-order valence-corrected chi connectivity index (χ2v) is 9.43. The summed E-state index contributed by atoms with van der Waals surface area (Å²) in [5.74, 6) is -0.312. The van der Waals surface area contributed by atoms with Crippen molar-refractivity contribution in [2.75, 3.05) is 13.1 Å². The van der Waals surface area contributed by atoms with E-state index in [4.69, 9.17) is 16.3 Å². The Bertz CT molecular complexity index is 1060. The van der Waals surface area contributed by atoms with E-state index in [-0.39, 0.29) is 45.8 Å². The average Bonchev–Trinajstić information content (AvgIpc) is 2.70. The number of rotatable bonds is 5. The predicted octanol–water partition coefficient (Wildman–Crippen LogP) is 4.52. The lowest BCUT2D eigenvalue weighted by atomic mass is 9.85. The van der Waals surface area contributed by atoms with E-state index in [9.17, 15) is 24.8 Å². The molecule has 0 atom stereocenters. The number of carbonyl (C=O) groups is 2. The lowest BCUT2D eigenvalue weighted by Gasteiger charge is -2.38. The van der Waals surface area contributed by atoms with Gasteiger partial charge in [-0.05, 0) is 58.2 Å². The van der Waals surface area contributed by atoms with Crippen LogP contribution in [0, 0.1) is 10.1 Å². The van der Waals surface area contributed by atoms with Gasteiger partial charge in [-0.25, -0.2) is 4.79 Å². The number of aliphatic hydroxyl groups is 1. The molecule has 32 heavy (non-hydrogen) atoms. The molecule has 2 aromatic rings. The number of nitrogens with zero attached hydrogens (tertiary/aromatic N) is 3. The number of hydrogen-bond donors (Lipinski definition) is 1. The van der Waals surface area contributed by atoms with E-state index in [1.165, 1.54) is 18.3 Å². The molecule has 3 rings (SSSR count). The normalized spacial score (nSPS) is 16.1.